The zero-order valence-electron chi connectivity index (χ0n) is 4.72. The van der Waals surface area contributed by atoms with Gasteiger partial charge in [0.25, 0.3) is 0 Å². The summed E-state index contributed by atoms with van der Waals surface area (Å²) < 4.78 is -0.191. The molecule has 1 rings (SSSR count). The van der Waals surface area contributed by atoms with Crippen LogP contribution in [0, 0.1) is 11.8 Å². The van der Waals surface area contributed by atoms with Gasteiger partial charge in [0.1, 0.15) is 0 Å². The van der Waals surface area contributed by atoms with E-state index in [1.54, 1.807) is 0 Å². The van der Waals surface area contributed by atoms with Gasteiger partial charge in [0, 0.05) is 25.0 Å². The Bertz CT molecular complexity index is 104. The van der Waals surface area contributed by atoms with Gasteiger partial charge in [-0.15, -0.1) is 0 Å². The lowest BCUT2D eigenvalue weighted by Gasteiger charge is -1.92. The molecule has 0 aromatic rings. The van der Waals surface area contributed by atoms with Crippen LogP contribution in [0.15, 0.2) is 0 Å². The summed E-state index contributed by atoms with van der Waals surface area (Å²) >= 11 is 6.67. The third-order valence-corrected chi connectivity index (χ3v) is 4.11. The molecule has 1 fully saturated rings. The van der Waals surface area contributed by atoms with Gasteiger partial charge in [-0.3, -0.25) is 0 Å². The highest BCUT2D eigenvalue weighted by Gasteiger charge is 2.60. The normalized spacial score (nSPS) is 38.7. The van der Waals surface area contributed by atoms with Crippen molar-refractivity contribution >= 4 is 31.9 Å². The first kappa shape index (κ1) is 7.98. The van der Waals surface area contributed by atoms with E-state index in [0.717, 1.165) is 0 Å². The van der Waals surface area contributed by atoms with Crippen LogP contribution in [0.5, 0.6) is 0 Å². The highest BCUT2D eigenvalue weighted by atomic mass is 79.9. The van der Waals surface area contributed by atoms with Crippen molar-refractivity contribution in [1.82, 2.24) is 0 Å². The largest absolute Gasteiger partial charge is 0.396 e. The van der Waals surface area contributed by atoms with Crippen LogP contribution >= 0.6 is 31.9 Å². The Morgan fingerprint density at radius 2 is 1.44 bits per heavy atom. The second kappa shape index (κ2) is 2.49. The van der Waals surface area contributed by atoms with Gasteiger partial charge < -0.3 is 10.2 Å². The lowest BCUT2D eigenvalue weighted by Crippen LogP contribution is -1.92. The zero-order chi connectivity index (χ0) is 7.07. The highest BCUT2D eigenvalue weighted by Crippen LogP contribution is 2.61. The Kier molecular flexibility index (Phi) is 2.21. The van der Waals surface area contributed by atoms with Gasteiger partial charge in [0.05, 0.1) is 3.23 Å². The molecule has 0 spiro atoms. The lowest BCUT2D eigenvalue weighted by molar-refractivity contribution is 0.232. The van der Waals surface area contributed by atoms with Gasteiger partial charge in [-0.25, -0.2) is 0 Å². The van der Waals surface area contributed by atoms with Crippen molar-refractivity contribution in [3.63, 3.8) is 0 Å². The van der Waals surface area contributed by atoms with Crippen LogP contribution in [0.4, 0.5) is 0 Å². The summed E-state index contributed by atoms with van der Waals surface area (Å²) in [5.41, 5.74) is 0. The predicted octanol–water partition coefficient (Wildman–Crippen LogP) is 0.703. The Labute approximate surface area is 70.5 Å². The summed E-state index contributed by atoms with van der Waals surface area (Å²) in [7, 11) is 0. The van der Waals surface area contributed by atoms with E-state index in [9.17, 15) is 0 Å². The monoisotopic (exact) mass is 258 g/mol. The molecule has 0 heterocycles. The Morgan fingerprint density at radius 3 is 1.56 bits per heavy atom. The summed E-state index contributed by atoms with van der Waals surface area (Å²) in [5, 5.41) is 17.3. The Hall–Kier alpha value is 0.880. The standard InChI is InChI=1S/C5H8Br2O2/c6-5(7)3(1-8)4(5)2-9/h3-4,8-9H,1-2H2. The molecule has 0 saturated heterocycles. The third kappa shape index (κ3) is 1.18. The van der Waals surface area contributed by atoms with Gasteiger partial charge in [0.2, 0.25) is 0 Å². The first-order valence-electron chi connectivity index (χ1n) is 2.74. The molecule has 0 radical (unpaired) electrons. The second-order valence-electron chi connectivity index (χ2n) is 2.25. The summed E-state index contributed by atoms with van der Waals surface area (Å²) in [5.74, 6) is 0.338. The van der Waals surface area contributed by atoms with Crippen LogP contribution in [-0.2, 0) is 0 Å². The molecule has 1 aliphatic rings. The maximum atomic E-state index is 8.67. The van der Waals surface area contributed by atoms with Crippen LogP contribution in [0.25, 0.3) is 0 Å². The summed E-state index contributed by atoms with van der Waals surface area (Å²) in [6.07, 6.45) is 0. The maximum Gasteiger partial charge on any atom is 0.0913 e. The van der Waals surface area contributed by atoms with Gasteiger partial charge >= 0.3 is 0 Å². The van der Waals surface area contributed by atoms with Crippen LogP contribution in [0.3, 0.4) is 0 Å². The molecule has 0 aliphatic heterocycles. The number of hydrogen-bond donors (Lipinski definition) is 2. The molecular weight excluding hydrogens is 252 g/mol. The number of halogens is 2. The van der Waals surface area contributed by atoms with Gasteiger partial charge in [-0.1, -0.05) is 31.9 Å². The number of rotatable bonds is 2. The minimum absolute atomic E-state index is 0.127. The summed E-state index contributed by atoms with van der Waals surface area (Å²) in [6, 6.07) is 0. The van der Waals surface area contributed by atoms with E-state index in [-0.39, 0.29) is 28.3 Å². The van der Waals surface area contributed by atoms with Crippen molar-refractivity contribution in [3.8, 4) is 0 Å². The van der Waals surface area contributed by atoms with Crippen molar-refractivity contribution < 1.29 is 10.2 Å². The SMILES string of the molecule is OCC1C(CO)C1(Br)Br. The number of aliphatic hydroxyl groups excluding tert-OH is 2. The average Bonchev–Trinajstić information content (AvgIpc) is 2.32. The highest BCUT2D eigenvalue weighted by molar-refractivity contribution is 9.25. The van der Waals surface area contributed by atoms with E-state index in [2.05, 4.69) is 31.9 Å². The summed E-state index contributed by atoms with van der Waals surface area (Å²) in [4.78, 5) is 0. The second-order valence-corrected chi connectivity index (χ2v) is 5.94. The molecule has 1 saturated carbocycles. The summed E-state index contributed by atoms with van der Waals surface area (Å²) in [6.45, 7) is 0.253. The molecule has 9 heavy (non-hydrogen) atoms. The zero-order valence-corrected chi connectivity index (χ0v) is 7.89. The fraction of sp³-hybridized carbons (Fsp3) is 1.00. The Balaban J connectivity index is 2.45. The molecule has 0 aromatic heterocycles. The molecule has 0 aromatic carbocycles. The topological polar surface area (TPSA) is 40.5 Å². The van der Waals surface area contributed by atoms with Crippen LogP contribution < -0.4 is 0 Å². The molecule has 0 amide bonds. The minimum atomic E-state index is -0.191. The molecular formula is C5H8Br2O2. The van der Waals surface area contributed by atoms with Crippen molar-refractivity contribution in [2.24, 2.45) is 11.8 Å². The fourth-order valence-electron chi connectivity index (χ4n) is 0.958. The molecule has 2 unspecified atom stereocenters. The molecule has 2 atom stereocenters. The third-order valence-electron chi connectivity index (χ3n) is 1.76. The van der Waals surface area contributed by atoms with Gasteiger partial charge in [-0.2, -0.15) is 0 Å². The van der Waals surface area contributed by atoms with Crippen LogP contribution in [-0.4, -0.2) is 26.7 Å². The number of hydrogen-bond acceptors (Lipinski definition) is 2. The average molecular weight is 260 g/mol. The van der Waals surface area contributed by atoms with Crippen LogP contribution in [0.2, 0.25) is 0 Å². The van der Waals surface area contributed by atoms with E-state index < -0.39 is 0 Å². The number of aliphatic hydroxyl groups is 2. The lowest BCUT2D eigenvalue weighted by atomic mass is 10.3. The van der Waals surface area contributed by atoms with E-state index >= 15 is 0 Å². The first-order chi connectivity index (χ1) is 4.14. The van der Waals surface area contributed by atoms with Crippen molar-refractivity contribution in [2.75, 3.05) is 13.2 Å². The molecule has 2 nitrogen and oxygen atoms in total. The van der Waals surface area contributed by atoms with E-state index in [4.69, 9.17) is 10.2 Å². The smallest absolute Gasteiger partial charge is 0.0913 e. The quantitative estimate of drug-likeness (QED) is 0.717. The minimum Gasteiger partial charge on any atom is -0.396 e. The molecule has 54 valence electrons. The predicted molar refractivity (Wildman–Crippen MR) is 41.7 cm³/mol. The maximum absolute atomic E-state index is 8.67. The van der Waals surface area contributed by atoms with Crippen molar-refractivity contribution in [1.29, 1.82) is 0 Å². The first-order valence-corrected chi connectivity index (χ1v) is 4.32. The van der Waals surface area contributed by atoms with E-state index in [1.165, 1.54) is 0 Å². The molecule has 4 heteroatoms. The Morgan fingerprint density at radius 1 is 1.11 bits per heavy atom. The van der Waals surface area contributed by atoms with Crippen LogP contribution in [0.1, 0.15) is 0 Å². The van der Waals surface area contributed by atoms with Crippen molar-refractivity contribution in [2.45, 2.75) is 3.23 Å². The fourth-order valence-corrected chi connectivity index (χ4v) is 2.55. The van der Waals surface area contributed by atoms with Gasteiger partial charge in [-0.05, 0) is 0 Å². The van der Waals surface area contributed by atoms with E-state index in [0.29, 0.717) is 0 Å². The number of alkyl halides is 2. The molecule has 2 N–H and O–H groups in total. The molecule has 1 aliphatic carbocycles. The van der Waals surface area contributed by atoms with Gasteiger partial charge in [0.15, 0.2) is 0 Å². The van der Waals surface area contributed by atoms with E-state index in [1.807, 2.05) is 0 Å². The van der Waals surface area contributed by atoms with Crippen molar-refractivity contribution in [3.05, 3.63) is 0 Å². The molecule has 0 bridgehead atoms.